The van der Waals surface area contributed by atoms with E-state index >= 15 is 0 Å². The molecule has 0 bridgehead atoms. The first-order valence-electron chi connectivity index (χ1n) is 9.85. The van der Waals surface area contributed by atoms with Crippen LogP contribution in [0.5, 0.6) is 5.75 Å². The van der Waals surface area contributed by atoms with Gasteiger partial charge in [0, 0.05) is 23.1 Å². The molecule has 4 atom stereocenters. The number of alkyl halides is 1. The lowest BCUT2D eigenvalue weighted by Gasteiger charge is -2.23. The maximum atomic E-state index is 10.6. The lowest BCUT2D eigenvalue weighted by Crippen LogP contribution is -2.27. The Balaban J connectivity index is 1.59. The summed E-state index contributed by atoms with van der Waals surface area (Å²) in [5.41, 5.74) is 0. The summed E-state index contributed by atoms with van der Waals surface area (Å²) >= 11 is 6.50. The topological polar surface area (TPSA) is 66.8 Å². The van der Waals surface area contributed by atoms with Crippen LogP contribution in [0.25, 0.3) is 10.8 Å². The van der Waals surface area contributed by atoms with Gasteiger partial charge >= 0.3 is 5.97 Å². The number of aliphatic carboxylic acids is 1. The van der Waals surface area contributed by atoms with Gasteiger partial charge in [0.15, 0.2) is 0 Å². The van der Waals surface area contributed by atoms with Gasteiger partial charge in [0.05, 0.1) is 12.7 Å². The number of carboxylic acids is 1. The lowest BCUT2D eigenvalue weighted by atomic mass is 9.92. The lowest BCUT2D eigenvalue weighted by molar-refractivity contribution is -0.137. The first kappa shape index (κ1) is 20.7. The van der Waals surface area contributed by atoms with Gasteiger partial charge in [0.1, 0.15) is 5.75 Å². The largest absolute Gasteiger partial charge is 0.493 e. The normalized spacial score (nSPS) is 24.8. The second kappa shape index (κ2) is 9.94. The molecule has 1 saturated carbocycles. The van der Waals surface area contributed by atoms with Crippen molar-refractivity contribution in [3.63, 3.8) is 0 Å². The Hall–Kier alpha value is -2.04. The first-order valence-corrected chi connectivity index (χ1v) is 10.3. The Bertz CT molecular complexity index is 814. The number of unbranched alkanes of at least 4 members (excludes halogenated alkanes) is 1. The molecule has 4 nitrogen and oxygen atoms in total. The quantitative estimate of drug-likeness (QED) is 0.351. The number of fused-ring (bicyclic) bond motifs is 1. The van der Waals surface area contributed by atoms with E-state index in [1.165, 1.54) is 0 Å². The molecule has 0 aromatic heterocycles. The number of ether oxygens (including phenoxy) is 1. The van der Waals surface area contributed by atoms with Crippen molar-refractivity contribution < 1.29 is 19.7 Å². The van der Waals surface area contributed by atoms with Crippen molar-refractivity contribution in [3.8, 4) is 5.75 Å². The molecule has 3 rings (SSSR count). The maximum Gasteiger partial charge on any atom is 0.303 e. The fourth-order valence-corrected chi connectivity index (χ4v) is 4.41. The third kappa shape index (κ3) is 5.27. The van der Waals surface area contributed by atoms with E-state index in [4.69, 9.17) is 21.4 Å². The zero-order valence-electron chi connectivity index (χ0n) is 15.8. The number of rotatable bonds is 9. The van der Waals surface area contributed by atoms with Crippen LogP contribution < -0.4 is 4.74 Å². The van der Waals surface area contributed by atoms with Gasteiger partial charge in [-0.1, -0.05) is 48.6 Å². The number of carboxylic acid groups (broad SMARTS) is 1. The summed E-state index contributed by atoms with van der Waals surface area (Å²) in [6, 6.07) is 14.1. The third-order valence-corrected chi connectivity index (χ3v) is 5.99. The Morgan fingerprint density at radius 2 is 1.93 bits per heavy atom. The van der Waals surface area contributed by atoms with Crippen molar-refractivity contribution in [3.05, 3.63) is 54.6 Å². The third-order valence-electron chi connectivity index (χ3n) is 5.49. The fourth-order valence-electron chi connectivity index (χ4n) is 3.94. The number of benzene rings is 2. The molecule has 0 heterocycles. The molecule has 0 spiro atoms. The number of aliphatic hydroxyl groups is 1. The molecule has 28 heavy (non-hydrogen) atoms. The average Bonchev–Trinajstić information content (AvgIpc) is 2.95. The molecular formula is C23H27ClO4. The van der Waals surface area contributed by atoms with Crippen molar-refractivity contribution in [2.24, 2.45) is 11.8 Å². The van der Waals surface area contributed by atoms with Crippen molar-refractivity contribution in [2.75, 3.05) is 6.61 Å². The molecule has 1 aliphatic rings. The summed E-state index contributed by atoms with van der Waals surface area (Å²) in [6.07, 6.45) is 6.51. The van der Waals surface area contributed by atoms with Gasteiger partial charge in [-0.25, -0.2) is 0 Å². The van der Waals surface area contributed by atoms with Crippen LogP contribution >= 0.6 is 11.6 Å². The van der Waals surface area contributed by atoms with E-state index in [2.05, 4.69) is 18.2 Å². The molecular weight excluding hydrogens is 376 g/mol. The molecule has 150 valence electrons. The van der Waals surface area contributed by atoms with Crippen LogP contribution in [0.15, 0.2) is 54.6 Å². The molecule has 0 radical (unpaired) electrons. The summed E-state index contributed by atoms with van der Waals surface area (Å²) < 4.78 is 6.12. The van der Waals surface area contributed by atoms with Crippen LogP contribution in [-0.2, 0) is 4.79 Å². The second-order valence-corrected chi connectivity index (χ2v) is 7.99. The highest BCUT2D eigenvalue weighted by atomic mass is 35.5. The first-order chi connectivity index (χ1) is 13.6. The van der Waals surface area contributed by atoms with Gasteiger partial charge in [0.2, 0.25) is 0 Å². The number of aliphatic hydroxyl groups excluding tert-OH is 1. The van der Waals surface area contributed by atoms with E-state index < -0.39 is 12.1 Å². The van der Waals surface area contributed by atoms with E-state index in [1.807, 2.05) is 36.4 Å². The minimum Gasteiger partial charge on any atom is -0.493 e. The van der Waals surface area contributed by atoms with Gasteiger partial charge in [-0.15, -0.1) is 11.6 Å². The molecule has 2 N–H and O–H groups in total. The molecule has 0 unspecified atom stereocenters. The number of hydrogen-bond acceptors (Lipinski definition) is 3. The standard InChI is InChI=1S/C23H27ClO4/c24-20-14-21(25)19(18(20)11-3-1-2-4-13-23(26)27)15-28-22-12-7-9-16-8-5-6-10-17(16)22/h1,3,5-10,12,18-21,25H,2,4,11,13-15H2,(H,26,27)/t18-,19-,20-,21-/m1/s1. The smallest absolute Gasteiger partial charge is 0.303 e. The highest BCUT2D eigenvalue weighted by Crippen LogP contribution is 2.39. The Morgan fingerprint density at radius 1 is 1.14 bits per heavy atom. The zero-order chi connectivity index (χ0) is 19.9. The van der Waals surface area contributed by atoms with Crippen molar-refractivity contribution in [1.29, 1.82) is 0 Å². The van der Waals surface area contributed by atoms with E-state index in [0.717, 1.165) is 29.4 Å². The van der Waals surface area contributed by atoms with Gasteiger partial charge in [0.25, 0.3) is 0 Å². The fraction of sp³-hybridized carbons (Fsp3) is 0.435. The molecule has 0 saturated heterocycles. The van der Waals surface area contributed by atoms with Crippen LogP contribution in [0.4, 0.5) is 0 Å². The highest BCUT2D eigenvalue weighted by molar-refractivity contribution is 6.21. The Labute approximate surface area is 170 Å². The maximum absolute atomic E-state index is 10.6. The number of halogens is 1. The number of allylic oxidation sites excluding steroid dienone is 2. The van der Waals surface area contributed by atoms with Crippen molar-refractivity contribution >= 4 is 28.3 Å². The van der Waals surface area contributed by atoms with Gasteiger partial charge < -0.3 is 14.9 Å². The predicted octanol–water partition coefficient (Wildman–Crippen LogP) is 5.02. The van der Waals surface area contributed by atoms with Crippen LogP contribution in [0.3, 0.4) is 0 Å². The SMILES string of the molecule is O=C(O)CCCC=CC[C@@H]1[C@@H](COc2cccc3ccccc23)[C@H](O)C[C@H]1Cl. The van der Waals surface area contributed by atoms with Crippen LogP contribution in [0.1, 0.15) is 32.1 Å². The summed E-state index contributed by atoms with van der Waals surface area (Å²) in [6.45, 7) is 0.427. The number of carbonyl (C=O) groups is 1. The molecule has 0 aliphatic heterocycles. The minimum absolute atomic E-state index is 0.0230. The zero-order valence-corrected chi connectivity index (χ0v) is 16.6. The van der Waals surface area contributed by atoms with E-state index in [9.17, 15) is 9.90 Å². The van der Waals surface area contributed by atoms with Crippen LogP contribution in [0, 0.1) is 11.8 Å². The molecule has 5 heteroatoms. The van der Waals surface area contributed by atoms with E-state index in [0.29, 0.717) is 19.4 Å². The van der Waals surface area contributed by atoms with E-state index in [-0.39, 0.29) is 23.6 Å². The minimum atomic E-state index is -0.765. The summed E-state index contributed by atoms with van der Waals surface area (Å²) in [4.78, 5) is 10.6. The summed E-state index contributed by atoms with van der Waals surface area (Å²) in [7, 11) is 0. The Morgan fingerprint density at radius 3 is 2.75 bits per heavy atom. The van der Waals surface area contributed by atoms with Gasteiger partial charge in [-0.2, -0.15) is 0 Å². The molecule has 2 aromatic rings. The Kier molecular flexibility index (Phi) is 7.35. The monoisotopic (exact) mass is 402 g/mol. The number of hydrogen-bond donors (Lipinski definition) is 2. The van der Waals surface area contributed by atoms with Gasteiger partial charge in [-0.05, 0) is 43.1 Å². The summed E-state index contributed by atoms with van der Waals surface area (Å²) in [5.74, 6) is 0.178. The molecule has 1 fully saturated rings. The molecule has 0 amide bonds. The average molecular weight is 403 g/mol. The van der Waals surface area contributed by atoms with Crippen molar-refractivity contribution in [1.82, 2.24) is 0 Å². The summed E-state index contributed by atoms with van der Waals surface area (Å²) in [5, 5.41) is 21.3. The van der Waals surface area contributed by atoms with Crippen molar-refractivity contribution in [2.45, 2.75) is 43.6 Å². The molecule has 1 aliphatic carbocycles. The van der Waals surface area contributed by atoms with Crippen LogP contribution in [-0.4, -0.2) is 34.3 Å². The predicted molar refractivity (Wildman–Crippen MR) is 112 cm³/mol. The highest BCUT2D eigenvalue weighted by Gasteiger charge is 2.41. The van der Waals surface area contributed by atoms with Gasteiger partial charge in [-0.3, -0.25) is 4.79 Å². The van der Waals surface area contributed by atoms with Crippen LogP contribution in [0.2, 0.25) is 0 Å². The molecule has 2 aromatic carbocycles. The second-order valence-electron chi connectivity index (χ2n) is 7.43. The van der Waals surface area contributed by atoms with E-state index in [1.54, 1.807) is 0 Å².